The van der Waals surface area contributed by atoms with Crippen LogP contribution in [-0.2, 0) is 4.74 Å². The number of anilines is 1. The molecule has 1 atom stereocenters. The summed E-state index contributed by atoms with van der Waals surface area (Å²) in [5.41, 5.74) is 2.49. The number of methoxy groups -OCH3 is 1. The minimum atomic E-state index is -0.336. The Kier molecular flexibility index (Phi) is 3.02. The van der Waals surface area contributed by atoms with Gasteiger partial charge in [-0.2, -0.15) is 16.4 Å². The number of hydrogen-bond acceptors (Lipinski definition) is 5. The van der Waals surface area contributed by atoms with Crippen LogP contribution in [0, 0.1) is 6.92 Å². The highest BCUT2D eigenvalue weighted by Gasteiger charge is 2.29. The van der Waals surface area contributed by atoms with Crippen molar-refractivity contribution in [2.24, 2.45) is 0 Å². The lowest BCUT2D eigenvalue weighted by molar-refractivity contribution is 0.0601. The molecule has 0 spiro atoms. The SMILES string of the molecule is COC(=O)c1c(C)nn2c1NCCC2c1ccsc1. The van der Waals surface area contributed by atoms with E-state index in [2.05, 4.69) is 27.2 Å². The molecule has 0 radical (unpaired) electrons. The van der Waals surface area contributed by atoms with E-state index in [1.807, 2.05) is 11.6 Å². The van der Waals surface area contributed by atoms with Crippen molar-refractivity contribution in [3.8, 4) is 0 Å². The minimum absolute atomic E-state index is 0.194. The first kappa shape index (κ1) is 12.2. The van der Waals surface area contributed by atoms with Crippen LogP contribution in [0.4, 0.5) is 5.82 Å². The monoisotopic (exact) mass is 277 g/mol. The van der Waals surface area contributed by atoms with Crippen molar-refractivity contribution in [3.63, 3.8) is 0 Å². The summed E-state index contributed by atoms with van der Waals surface area (Å²) in [5.74, 6) is 0.434. The predicted molar refractivity (Wildman–Crippen MR) is 73.9 cm³/mol. The quantitative estimate of drug-likeness (QED) is 0.857. The first-order valence-corrected chi connectivity index (χ1v) is 7.10. The maximum Gasteiger partial charge on any atom is 0.343 e. The van der Waals surface area contributed by atoms with Crippen LogP contribution in [-0.4, -0.2) is 29.4 Å². The second kappa shape index (κ2) is 4.70. The highest BCUT2D eigenvalue weighted by Crippen LogP contribution is 2.33. The number of rotatable bonds is 2. The smallest absolute Gasteiger partial charge is 0.343 e. The average molecular weight is 277 g/mol. The highest BCUT2D eigenvalue weighted by atomic mass is 32.1. The molecule has 5 nitrogen and oxygen atoms in total. The van der Waals surface area contributed by atoms with Gasteiger partial charge in [0, 0.05) is 6.54 Å². The van der Waals surface area contributed by atoms with Gasteiger partial charge in [0.05, 0.1) is 18.8 Å². The van der Waals surface area contributed by atoms with Gasteiger partial charge in [-0.05, 0) is 35.7 Å². The van der Waals surface area contributed by atoms with E-state index in [0.717, 1.165) is 18.8 Å². The number of aromatic nitrogens is 2. The van der Waals surface area contributed by atoms with Crippen molar-refractivity contribution < 1.29 is 9.53 Å². The molecule has 1 unspecified atom stereocenters. The average Bonchev–Trinajstić information content (AvgIpc) is 3.03. The van der Waals surface area contributed by atoms with Gasteiger partial charge in [0.25, 0.3) is 0 Å². The number of ether oxygens (including phenoxy) is 1. The number of nitrogens with one attached hydrogen (secondary N) is 1. The van der Waals surface area contributed by atoms with Gasteiger partial charge < -0.3 is 10.1 Å². The summed E-state index contributed by atoms with van der Waals surface area (Å²) < 4.78 is 6.75. The molecule has 2 aromatic rings. The van der Waals surface area contributed by atoms with Crippen molar-refractivity contribution >= 4 is 23.1 Å². The molecular formula is C13H15N3O2S. The lowest BCUT2D eigenvalue weighted by Crippen LogP contribution is -2.25. The Morgan fingerprint density at radius 2 is 2.47 bits per heavy atom. The molecule has 0 saturated heterocycles. The van der Waals surface area contributed by atoms with E-state index in [1.165, 1.54) is 12.7 Å². The van der Waals surface area contributed by atoms with E-state index >= 15 is 0 Å². The van der Waals surface area contributed by atoms with Gasteiger partial charge in [0.15, 0.2) is 0 Å². The van der Waals surface area contributed by atoms with E-state index in [1.54, 1.807) is 11.3 Å². The van der Waals surface area contributed by atoms with Crippen molar-refractivity contribution in [3.05, 3.63) is 33.6 Å². The fourth-order valence-corrected chi connectivity index (χ4v) is 3.22. The first-order chi connectivity index (χ1) is 9.22. The first-order valence-electron chi connectivity index (χ1n) is 6.15. The highest BCUT2D eigenvalue weighted by molar-refractivity contribution is 7.07. The Bertz CT molecular complexity index is 604. The number of fused-ring (bicyclic) bond motifs is 1. The Hall–Kier alpha value is -1.82. The number of carbonyl (C=O) groups excluding carboxylic acids is 1. The third-order valence-corrected chi connectivity index (χ3v) is 4.11. The molecule has 6 heteroatoms. The Morgan fingerprint density at radius 3 is 3.16 bits per heavy atom. The zero-order chi connectivity index (χ0) is 13.4. The predicted octanol–water partition coefficient (Wildman–Crippen LogP) is 2.44. The molecule has 3 heterocycles. The second-order valence-electron chi connectivity index (χ2n) is 4.53. The number of hydrogen-bond donors (Lipinski definition) is 1. The standard InChI is InChI=1S/C13H15N3O2S/c1-8-11(13(17)18-2)12-14-5-3-10(16(12)15-8)9-4-6-19-7-9/h4,6-7,10,14H,3,5H2,1-2H3. The summed E-state index contributed by atoms with van der Waals surface area (Å²) in [6, 6.07) is 2.30. The van der Waals surface area contributed by atoms with Crippen LogP contribution < -0.4 is 5.32 Å². The van der Waals surface area contributed by atoms with Crippen molar-refractivity contribution in [2.45, 2.75) is 19.4 Å². The van der Waals surface area contributed by atoms with Crippen LogP contribution in [0.5, 0.6) is 0 Å². The Morgan fingerprint density at radius 1 is 1.63 bits per heavy atom. The lowest BCUT2D eigenvalue weighted by Gasteiger charge is -2.25. The van der Waals surface area contributed by atoms with Crippen LogP contribution in [0.25, 0.3) is 0 Å². The van der Waals surface area contributed by atoms with Gasteiger partial charge in [0.2, 0.25) is 0 Å². The largest absolute Gasteiger partial charge is 0.465 e. The van der Waals surface area contributed by atoms with Gasteiger partial charge in [-0.1, -0.05) is 0 Å². The normalized spacial score (nSPS) is 17.7. The molecule has 1 N–H and O–H groups in total. The van der Waals surface area contributed by atoms with E-state index in [0.29, 0.717) is 11.3 Å². The van der Waals surface area contributed by atoms with Crippen LogP contribution in [0.2, 0.25) is 0 Å². The number of thiophene rings is 1. The summed E-state index contributed by atoms with van der Waals surface area (Å²) in [7, 11) is 1.39. The summed E-state index contributed by atoms with van der Waals surface area (Å²) in [4.78, 5) is 11.8. The molecule has 0 fully saturated rings. The zero-order valence-corrected chi connectivity index (χ0v) is 11.7. The third-order valence-electron chi connectivity index (χ3n) is 3.41. The molecule has 0 aliphatic carbocycles. The molecule has 1 aliphatic heterocycles. The molecule has 1 aliphatic rings. The van der Waals surface area contributed by atoms with E-state index in [9.17, 15) is 4.79 Å². The van der Waals surface area contributed by atoms with Gasteiger partial charge in [-0.3, -0.25) is 0 Å². The molecule has 100 valence electrons. The molecule has 0 saturated carbocycles. The Balaban J connectivity index is 2.09. The Labute approximate surface area is 115 Å². The summed E-state index contributed by atoms with van der Waals surface area (Å²) in [6.45, 7) is 2.67. The van der Waals surface area contributed by atoms with Crippen LogP contribution in [0.1, 0.15) is 34.1 Å². The van der Waals surface area contributed by atoms with Gasteiger partial charge in [-0.15, -0.1) is 0 Å². The lowest BCUT2D eigenvalue weighted by atomic mass is 10.1. The summed E-state index contributed by atoms with van der Waals surface area (Å²) in [6.07, 6.45) is 0.964. The molecule has 0 bridgehead atoms. The fourth-order valence-electron chi connectivity index (χ4n) is 2.51. The third kappa shape index (κ3) is 1.92. The molecule has 3 rings (SSSR count). The van der Waals surface area contributed by atoms with Crippen molar-refractivity contribution in [2.75, 3.05) is 19.0 Å². The van der Waals surface area contributed by atoms with Crippen LogP contribution in [0.15, 0.2) is 16.8 Å². The van der Waals surface area contributed by atoms with Crippen LogP contribution in [0.3, 0.4) is 0 Å². The zero-order valence-electron chi connectivity index (χ0n) is 10.8. The topological polar surface area (TPSA) is 56.1 Å². The van der Waals surface area contributed by atoms with Gasteiger partial charge >= 0.3 is 5.97 Å². The molecule has 0 aromatic carbocycles. The van der Waals surface area contributed by atoms with E-state index in [4.69, 9.17) is 4.74 Å². The minimum Gasteiger partial charge on any atom is -0.465 e. The molecule has 0 amide bonds. The second-order valence-corrected chi connectivity index (χ2v) is 5.31. The van der Waals surface area contributed by atoms with Gasteiger partial charge in [0.1, 0.15) is 11.4 Å². The van der Waals surface area contributed by atoms with Crippen molar-refractivity contribution in [1.29, 1.82) is 0 Å². The summed E-state index contributed by atoms with van der Waals surface area (Å²) in [5, 5.41) is 12.0. The van der Waals surface area contributed by atoms with E-state index in [-0.39, 0.29) is 12.0 Å². The fraction of sp³-hybridized carbons (Fsp3) is 0.385. The number of nitrogens with zero attached hydrogens (tertiary/aromatic N) is 2. The molecular weight excluding hydrogens is 262 g/mol. The number of carbonyl (C=O) groups is 1. The van der Waals surface area contributed by atoms with Crippen molar-refractivity contribution in [1.82, 2.24) is 9.78 Å². The van der Waals surface area contributed by atoms with E-state index < -0.39 is 0 Å². The maximum absolute atomic E-state index is 11.8. The van der Waals surface area contributed by atoms with Gasteiger partial charge in [-0.25, -0.2) is 9.48 Å². The number of aryl methyl sites for hydroxylation is 1. The summed E-state index contributed by atoms with van der Waals surface area (Å²) >= 11 is 1.68. The molecule has 19 heavy (non-hydrogen) atoms. The molecule has 2 aromatic heterocycles. The van der Waals surface area contributed by atoms with Crippen LogP contribution >= 0.6 is 11.3 Å². The number of esters is 1. The maximum atomic E-state index is 11.8.